The van der Waals surface area contributed by atoms with Crippen LogP contribution < -0.4 is 5.73 Å². The Morgan fingerprint density at radius 2 is 1.95 bits per heavy atom. The van der Waals surface area contributed by atoms with E-state index in [-0.39, 0.29) is 0 Å². The molecule has 3 rings (SSSR count). The Labute approximate surface area is 111 Å². The maximum Gasteiger partial charge on any atom is 0.168 e. The number of hydrogen-bond acceptors (Lipinski definition) is 4. The van der Waals surface area contributed by atoms with Gasteiger partial charge in [0.05, 0.1) is 5.52 Å². The zero-order valence-electron chi connectivity index (χ0n) is 10.6. The first-order valence-corrected chi connectivity index (χ1v) is 6.46. The fourth-order valence-corrected chi connectivity index (χ4v) is 2.95. The quantitative estimate of drug-likeness (QED) is 0.490. The van der Waals surface area contributed by atoms with E-state index in [1.54, 1.807) is 6.07 Å². The maximum absolute atomic E-state index is 11.2. The first-order chi connectivity index (χ1) is 9.26. The third-order valence-electron chi connectivity index (χ3n) is 3.83. The van der Waals surface area contributed by atoms with Crippen molar-refractivity contribution in [3.05, 3.63) is 34.5 Å². The number of pyridine rings is 1. The molecule has 19 heavy (non-hydrogen) atoms. The lowest BCUT2D eigenvalue weighted by molar-refractivity contribution is 0.111. The molecular formula is C15H15N3O. The van der Waals surface area contributed by atoms with E-state index < -0.39 is 0 Å². The summed E-state index contributed by atoms with van der Waals surface area (Å²) < 4.78 is 0. The van der Waals surface area contributed by atoms with Crippen molar-refractivity contribution in [2.45, 2.75) is 25.7 Å². The number of rotatable bonds is 2. The van der Waals surface area contributed by atoms with Crippen molar-refractivity contribution < 1.29 is 4.79 Å². The van der Waals surface area contributed by atoms with E-state index in [0.29, 0.717) is 11.4 Å². The summed E-state index contributed by atoms with van der Waals surface area (Å²) in [6.45, 7) is 0. The number of nitrogens with one attached hydrogen (secondary N) is 1. The van der Waals surface area contributed by atoms with Gasteiger partial charge in [-0.1, -0.05) is 0 Å². The predicted octanol–water partition coefficient (Wildman–Crippen LogP) is 2.51. The van der Waals surface area contributed by atoms with Crippen molar-refractivity contribution in [2.75, 3.05) is 5.73 Å². The van der Waals surface area contributed by atoms with Gasteiger partial charge in [0.1, 0.15) is 5.69 Å². The number of nitrogens with zero attached hydrogens (tertiary/aromatic N) is 1. The molecule has 0 amide bonds. The van der Waals surface area contributed by atoms with E-state index in [1.807, 2.05) is 6.07 Å². The second kappa shape index (κ2) is 4.46. The number of carbonyl (C=O) groups is 1. The van der Waals surface area contributed by atoms with Gasteiger partial charge in [-0.25, -0.2) is 4.98 Å². The van der Waals surface area contributed by atoms with Gasteiger partial charge in [-0.05, 0) is 48.9 Å². The molecule has 0 radical (unpaired) electrons. The Balaban J connectivity index is 2.48. The molecular weight excluding hydrogens is 238 g/mol. The summed E-state index contributed by atoms with van der Waals surface area (Å²) in [5.41, 5.74) is 10.8. The van der Waals surface area contributed by atoms with Gasteiger partial charge in [-0.2, -0.15) is 0 Å². The fourth-order valence-electron chi connectivity index (χ4n) is 2.95. The van der Waals surface area contributed by atoms with Crippen LogP contribution in [0.5, 0.6) is 0 Å². The molecule has 0 spiro atoms. The first kappa shape index (κ1) is 11.8. The third-order valence-corrected chi connectivity index (χ3v) is 3.83. The second-order valence-electron chi connectivity index (χ2n) is 4.89. The minimum Gasteiger partial charge on any atom is -0.398 e. The predicted molar refractivity (Wildman–Crippen MR) is 76.1 cm³/mol. The normalized spacial score (nSPS) is 14.1. The number of aryl methyl sites for hydroxylation is 1. The van der Waals surface area contributed by atoms with Crippen LogP contribution in [-0.2, 0) is 12.8 Å². The number of fused-ring (bicyclic) bond motifs is 3. The highest BCUT2D eigenvalue weighted by Crippen LogP contribution is 2.33. The van der Waals surface area contributed by atoms with Gasteiger partial charge in [0.2, 0.25) is 0 Å². The zero-order valence-corrected chi connectivity index (χ0v) is 10.6. The molecule has 2 aromatic rings. The molecule has 1 aliphatic rings. The van der Waals surface area contributed by atoms with E-state index in [0.717, 1.165) is 59.6 Å². The van der Waals surface area contributed by atoms with Gasteiger partial charge >= 0.3 is 0 Å². The van der Waals surface area contributed by atoms with E-state index in [1.165, 1.54) is 6.21 Å². The molecule has 4 heteroatoms. The summed E-state index contributed by atoms with van der Waals surface area (Å²) in [6.07, 6.45) is 6.14. The Morgan fingerprint density at radius 3 is 2.63 bits per heavy atom. The molecule has 0 saturated heterocycles. The molecule has 1 aromatic carbocycles. The Bertz CT molecular complexity index is 692. The number of aldehydes is 1. The number of hydrogen-bond donors (Lipinski definition) is 2. The van der Waals surface area contributed by atoms with Gasteiger partial charge in [0.15, 0.2) is 6.29 Å². The molecule has 0 aliphatic heterocycles. The SMILES string of the molecule is N=Cc1c(N)ccc2nc(C=O)c3c(c12)CCCC3. The molecule has 1 aromatic heterocycles. The van der Waals surface area contributed by atoms with Crippen LogP contribution in [0, 0.1) is 5.41 Å². The Morgan fingerprint density at radius 1 is 1.21 bits per heavy atom. The average molecular weight is 253 g/mol. The topological polar surface area (TPSA) is 79.8 Å². The number of nitrogens with two attached hydrogens (primary N) is 1. The highest BCUT2D eigenvalue weighted by atomic mass is 16.1. The van der Waals surface area contributed by atoms with Crippen LogP contribution in [0.4, 0.5) is 5.69 Å². The number of aromatic nitrogens is 1. The van der Waals surface area contributed by atoms with Gasteiger partial charge in [0, 0.05) is 22.9 Å². The average Bonchev–Trinajstić information content (AvgIpc) is 2.46. The molecule has 0 bridgehead atoms. The molecule has 0 unspecified atom stereocenters. The summed E-state index contributed by atoms with van der Waals surface area (Å²) in [6, 6.07) is 3.58. The fraction of sp³-hybridized carbons (Fsp3) is 0.267. The smallest absolute Gasteiger partial charge is 0.168 e. The van der Waals surface area contributed by atoms with E-state index in [4.69, 9.17) is 11.1 Å². The summed E-state index contributed by atoms with van der Waals surface area (Å²) >= 11 is 0. The van der Waals surface area contributed by atoms with Crippen LogP contribution in [0.1, 0.15) is 40.0 Å². The lowest BCUT2D eigenvalue weighted by Crippen LogP contribution is -2.11. The monoisotopic (exact) mass is 253 g/mol. The number of benzene rings is 1. The molecule has 1 heterocycles. The number of anilines is 1. The van der Waals surface area contributed by atoms with Gasteiger partial charge < -0.3 is 11.1 Å². The molecule has 0 atom stereocenters. The van der Waals surface area contributed by atoms with Crippen LogP contribution in [0.15, 0.2) is 12.1 Å². The van der Waals surface area contributed by atoms with Gasteiger partial charge in [-0.3, -0.25) is 4.79 Å². The Hall–Kier alpha value is -2.23. The van der Waals surface area contributed by atoms with Crippen molar-refractivity contribution >= 4 is 29.1 Å². The van der Waals surface area contributed by atoms with Gasteiger partial charge in [-0.15, -0.1) is 0 Å². The van der Waals surface area contributed by atoms with Crippen LogP contribution in [0.3, 0.4) is 0 Å². The molecule has 96 valence electrons. The lowest BCUT2D eigenvalue weighted by Gasteiger charge is -2.20. The summed E-state index contributed by atoms with van der Waals surface area (Å²) in [5.74, 6) is 0. The van der Waals surface area contributed by atoms with Crippen LogP contribution >= 0.6 is 0 Å². The minimum absolute atomic E-state index is 0.544. The minimum atomic E-state index is 0.544. The van der Waals surface area contributed by atoms with Crippen LogP contribution in [0.2, 0.25) is 0 Å². The lowest BCUT2D eigenvalue weighted by atomic mass is 9.86. The highest BCUT2D eigenvalue weighted by molar-refractivity contribution is 6.05. The van der Waals surface area contributed by atoms with Crippen molar-refractivity contribution in [1.82, 2.24) is 4.98 Å². The molecule has 1 aliphatic carbocycles. The molecule has 0 fully saturated rings. The Kier molecular flexibility index (Phi) is 2.78. The molecule has 0 saturated carbocycles. The van der Waals surface area contributed by atoms with Crippen molar-refractivity contribution in [2.24, 2.45) is 0 Å². The van der Waals surface area contributed by atoms with Crippen molar-refractivity contribution in [3.63, 3.8) is 0 Å². The molecule has 3 N–H and O–H groups in total. The van der Waals surface area contributed by atoms with Crippen molar-refractivity contribution in [1.29, 1.82) is 5.41 Å². The van der Waals surface area contributed by atoms with Crippen LogP contribution in [0.25, 0.3) is 10.9 Å². The summed E-state index contributed by atoms with van der Waals surface area (Å²) in [4.78, 5) is 15.6. The second-order valence-corrected chi connectivity index (χ2v) is 4.89. The third kappa shape index (κ3) is 1.71. The van der Waals surface area contributed by atoms with Crippen molar-refractivity contribution in [3.8, 4) is 0 Å². The molecule has 4 nitrogen and oxygen atoms in total. The summed E-state index contributed by atoms with van der Waals surface area (Å²) in [7, 11) is 0. The number of nitrogen functional groups attached to an aromatic ring is 1. The van der Waals surface area contributed by atoms with E-state index in [9.17, 15) is 4.79 Å². The van der Waals surface area contributed by atoms with E-state index >= 15 is 0 Å². The van der Waals surface area contributed by atoms with Crippen LogP contribution in [-0.4, -0.2) is 17.5 Å². The largest absolute Gasteiger partial charge is 0.398 e. The first-order valence-electron chi connectivity index (χ1n) is 6.46. The zero-order chi connectivity index (χ0) is 13.4. The summed E-state index contributed by atoms with van der Waals surface area (Å²) in [5, 5.41) is 8.53. The van der Waals surface area contributed by atoms with Gasteiger partial charge in [0.25, 0.3) is 0 Å². The standard InChI is InChI=1S/C15H15N3O/c16-7-11-12(17)5-6-13-15(11)10-4-2-1-3-9(10)14(8-19)18-13/h5-8,16H,1-4,17H2. The highest BCUT2D eigenvalue weighted by Gasteiger charge is 2.20. The maximum atomic E-state index is 11.2. The van der Waals surface area contributed by atoms with E-state index in [2.05, 4.69) is 4.98 Å². The number of carbonyl (C=O) groups excluding carboxylic acids is 1.